The van der Waals surface area contributed by atoms with Crippen LogP contribution in [0.3, 0.4) is 0 Å². The van der Waals surface area contributed by atoms with Gasteiger partial charge in [-0.25, -0.2) is 0 Å². The molecule has 8 heteroatoms. The number of carbonyl (C=O) groups excluding carboxylic acids is 2. The number of thiophene rings is 1. The highest BCUT2D eigenvalue weighted by Crippen LogP contribution is 2.46. The maximum absolute atomic E-state index is 12.8. The Morgan fingerprint density at radius 1 is 1.33 bits per heavy atom. The van der Waals surface area contributed by atoms with Crippen LogP contribution in [0.25, 0.3) is 10.6 Å². The number of hydrogen-bond donors (Lipinski definition) is 1. The van der Waals surface area contributed by atoms with Crippen molar-refractivity contribution in [3.05, 3.63) is 34.8 Å². The molecular formula is C22H25N3O4S. The normalized spacial score (nSPS) is 22.6. The summed E-state index contributed by atoms with van der Waals surface area (Å²) in [5.41, 5.74) is 1.87. The van der Waals surface area contributed by atoms with Crippen molar-refractivity contribution in [1.29, 1.82) is 0 Å². The topological polar surface area (TPSA) is 80.8 Å². The number of piperidine rings is 1. The van der Waals surface area contributed by atoms with Crippen LogP contribution < -0.4 is 10.1 Å². The predicted octanol–water partition coefficient (Wildman–Crippen LogP) is 2.49. The van der Waals surface area contributed by atoms with Gasteiger partial charge < -0.3 is 19.7 Å². The van der Waals surface area contributed by atoms with Crippen LogP contribution in [0, 0.1) is 0 Å². The molecule has 0 aliphatic carbocycles. The fraction of sp³-hybridized carbons (Fsp3) is 0.500. The van der Waals surface area contributed by atoms with Crippen molar-refractivity contribution in [2.75, 3.05) is 26.8 Å². The number of rotatable bonds is 3. The highest BCUT2D eigenvalue weighted by atomic mass is 32.1. The van der Waals surface area contributed by atoms with Crippen LogP contribution in [0.15, 0.2) is 24.4 Å². The Morgan fingerprint density at radius 2 is 2.17 bits per heavy atom. The van der Waals surface area contributed by atoms with E-state index in [1.807, 2.05) is 17.0 Å². The third kappa shape index (κ3) is 3.37. The summed E-state index contributed by atoms with van der Waals surface area (Å²) in [6, 6.07) is 5.78. The van der Waals surface area contributed by atoms with Gasteiger partial charge in [0, 0.05) is 30.8 Å². The van der Waals surface area contributed by atoms with E-state index in [1.165, 1.54) is 10.4 Å². The maximum Gasteiger partial charge on any atom is 0.245 e. The second-order valence-corrected chi connectivity index (χ2v) is 9.24. The number of fused-ring (bicyclic) bond motifs is 2. The molecule has 0 saturated carbocycles. The summed E-state index contributed by atoms with van der Waals surface area (Å²) in [5.74, 6) is 0.760. The van der Waals surface area contributed by atoms with Crippen molar-refractivity contribution in [1.82, 2.24) is 15.2 Å². The van der Waals surface area contributed by atoms with Crippen molar-refractivity contribution < 1.29 is 19.1 Å². The van der Waals surface area contributed by atoms with Crippen LogP contribution in [-0.4, -0.2) is 54.5 Å². The Balaban J connectivity index is 1.34. The zero-order chi connectivity index (χ0) is 20.7. The monoisotopic (exact) mass is 427 g/mol. The highest BCUT2D eigenvalue weighted by Gasteiger charge is 2.44. The largest absolute Gasteiger partial charge is 0.495 e. The van der Waals surface area contributed by atoms with Crippen molar-refractivity contribution in [3.8, 4) is 16.3 Å². The quantitative estimate of drug-likeness (QED) is 0.814. The van der Waals surface area contributed by atoms with Gasteiger partial charge in [-0.15, -0.1) is 11.3 Å². The first kappa shape index (κ1) is 19.5. The third-order valence-corrected chi connectivity index (χ3v) is 7.63. The van der Waals surface area contributed by atoms with Gasteiger partial charge >= 0.3 is 0 Å². The molecule has 5 heterocycles. The predicted molar refractivity (Wildman–Crippen MR) is 112 cm³/mol. The number of aromatic nitrogens is 1. The number of pyridine rings is 1. The fourth-order valence-electron chi connectivity index (χ4n) is 4.71. The number of hydrogen-bond acceptors (Lipinski definition) is 6. The zero-order valence-corrected chi connectivity index (χ0v) is 17.8. The minimum atomic E-state index is -0.358. The second kappa shape index (κ2) is 7.67. The summed E-state index contributed by atoms with van der Waals surface area (Å²) in [5, 5.41) is 2.79. The Kier molecular flexibility index (Phi) is 4.99. The van der Waals surface area contributed by atoms with Crippen molar-refractivity contribution in [3.63, 3.8) is 0 Å². The first-order valence-corrected chi connectivity index (χ1v) is 11.3. The number of amides is 2. The van der Waals surface area contributed by atoms with Gasteiger partial charge in [-0.1, -0.05) is 0 Å². The average Bonchev–Trinajstić information content (AvgIpc) is 3.41. The molecule has 2 amide bonds. The molecule has 1 spiro atoms. The minimum Gasteiger partial charge on any atom is -0.495 e. The van der Waals surface area contributed by atoms with E-state index < -0.39 is 0 Å². The first-order valence-electron chi connectivity index (χ1n) is 10.4. The lowest BCUT2D eigenvalue weighted by Gasteiger charge is -2.44. The molecule has 2 fully saturated rings. The molecular weight excluding hydrogens is 402 g/mol. The van der Waals surface area contributed by atoms with Crippen LogP contribution in [0.2, 0.25) is 0 Å². The number of ether oxygens (including phenoxy) is 2. The van der Waals surface area contributed by atoms with Gasteiger partial charge in [0.2, 0.25) is 11.8 Å². The number of likely N-dealkylation sites (tertiary alicyclic amines) is 1. The molecule has 2 aromatic rings. The standard InChI is InChI=1S/C22H25N3O4S/c1-28-14-2-3-16(23-13-14)19-12-15-18(30-19)6-11-29-22(15)7-9-25(10-8-22)21(27)17-4-5-20(26)24-17/h2-3,12-13,17H,4-11H2,1H3,(H,24,26). The van der Waals surface area contributed by atoms with Crippen LogP contribution in [0.5, 0.6) is 5.75 Å². The minimum absolute atomic E-state index is 0.0278. The summed E-state index contributed by atoms with van der Waals surface area (Å²) in [6.45, 7) is 2.00. The first-order chi connectivity index (χ1) is 14.6. The lowest BCUT2D eigenvalue weighted by molar-refractivity contribution is -0.143. The number of nitrogens with zero attached hydrogens (tertiary/aromatic N) is 2. The Morgan fingerprint density at radius 3 is 2.83 bits per heavy atom. The van der Waals surface area contributed by atoms with Gasteiger partial charge in [-0.3, -0.25) is 14.6 Å². The molecule has 1 atom stereocenters. The molecule has 0 bridgehead atoms. The van der Waals surface area contributed by atoms with E-state index in [1.54, 1.807) is 24.6 Å². The van der Waals surface area contributed by atoms with Crippen molar-refractivity contribution >= 4 is 23.2 Å². The summed E-state index contributed by atoms with van der Waals surface area (Å²) in [6.07, 6.45) is 5.25. The van der Waals surface area contributed by atoms with Crippen LogP contribution in [-0.2, 0) is 26.3 Å². The van der Waals surface area contributed by atoms with Crippen molar-refractivity contribution in [2.24, 2.45) is 0 Å². The van der Waals surface area contributed by atoms with E-state index in [0.717, 1.165) is 35.6 Å². The Bertz CT molecular complexity index is 963. The molecule has 0 radical (unpaired) electrons. The van der Waals surface area contributed by atoms with Gasteiger partial charge in [-0.05, 0) is 43.0 Å². The molecule has 3 aliphatic rings. The van der Waals surface area contributed by atoms with Gasteiger partial charge in [0.15, 0.2) is 0 Å². The smallest absolute Gasteiger partial charge is 0.245 e. The average molecular weight is 428 g/mol. The summed E-state index contributed by atoms with van der Waals surface area (Å²) in [4.78, 5) is 33.1. The van der Waals surface area contributed by atoms with Gasteiger partial charge in [0.1, 0.15) is 11.8 Å². The Labute approximate surface area is 179 Å². The molecule has 30 heavy (non-hydrogen) atoms. The SMILES string of the molecule is COc1ccc(-c2cc3c(s2)CCOC32CCN(C(=O)C3CCC(=O)N3)CC2)nc1. The third-order valence-electron chi connectivity index (χ3n) is 6.41. The van der Waals surface area contributed by atoms with Crippen LogP contribution in [0.1, 0.15) is 36.1 Å². The second-order valence-electron chi connectivity index (χ2n) is 8.11. The molecule has 1 N–H and O–H groups in total. The van der Waals surface area contributed by atoms with Crippen LogP contribution >= 0.6 is 11.3 Å². The molecule has 0 aromatic carbocycles. The lowest BCUT2D eigenvalue weighted by atomic mass is 9.82. The van der Waals surface area contributed by atoms with Crippen molar-refractivity contribution in [2.45, 2.75) is 43.7 Å². The molecule has 3 aliphatic heterocycles. The summed E-state index contributed by atoms with van der Waals surface area (Å²) in [7, 11) is 1.64. The zero-order valence-electron chi connectivity index (χ0n) is 17.0. The molecule has 1 unspecified atom stereocenters. The number of nitrogens with one attached hydrogen (secondary N) is 1. The molecule has 2 aromatic heterocycles. The summed E-state index contributed by atoms with van der Waals surface area (Å²) < 4.78 is 11.6. The number of methoxy groups -OCH3 is 1. The Hall–Kier alpha value is -2.45. The van der Waals surface area contributed by atoms with Gasteiger partial charge in [0.05, 0.1) is 36.1 Å². The fourth-order valence-corrected chi connectivity index (χ4v) is 5.92. The van der Waals surface area contributed by atoms with E-state index in [9.17, 15) is 9.59 Å². The van der Waals surface area contributed by atoms with E-state index in [-0.39, 0.29) is 23.5 Å². The summed E-state index contributed by atoms with van der Waals surface area (Å²) >= 11 is 1.79. The molecule has 158 valence electrons. The highest BCUT2D eigenvalue weighted by molar-refractivity contribution is 7.15. The molecule has 2 saturated heterocycles. The van der Waals surface area contributed by atoms with E-state index >= 15 is 0 Å². The maximum atomic E-state index is 12.8. The van der Waals surface area contributed by atoms with Gasteiger partial charge in [-0.2, -0.15) is 0 Å². The van der Waals surface area contributed by atoms with E-state index in [2.05, 4.69) is 16.4 Å². The van der Waals surface area contributed by atoms with E-state index in [0.29, 0.717) is 32.5 Å². The molecule has 7 nitrogen and oxygen atoms in total. The van der Waals surface area contributed by atoms with Gasteiger partial charge in [0.25, 0.3) is 0 Å². The van der Waals surface area contributed by atoms with Crippen LogP contribution in [0.4, 0.5) is 0 Å². The van der Waals surface area contributed by atoms with E-state index in [4.69, 9.17) is 9.47 Å². The molecule has 5 rings (SSSR count). The number of carbonyl (C=O) groups is 2. The lowest BCUT2D eigenvalue weighted by Crippen LogP contribution is -2.52.